The summed E-state index contributed by atoms with van der Waals surface area (Å²) >= 11 is 0. The van der Waals surface area contributed by atoms with E-state index >= 15 is 0 Å². The van der Waals surface area contributed by atoms with Crippen LogP contribution in [0.4, 0.5) is 4.79 Å². The quantitative estimate of drug-likeness (QED) is 0.683. The molecule has 1 aromatic carbocycles. The van der Waals surface area contributed by atoms with E-state index in [2.05, 4.69) is 27.8 Å². The van der Waals surface area contributed by atoms with E-state index < -0.39 is 30.1 Å². The van der Waals surface area contributed by atoms with Gasteiger partial charge in [-0.05, 0) is 24.8 Å². The summed E-state index contributed by atoms with van der Waals surface area (Å²) in [5.41, 5.74) is -0.540. The van der Waals surface area contributed by atoms with Crippen LogP contribution in [0.2, 0.25) is 0 Å². The van der Waals surface area contributed by atoms with Crippen LogP contribution >= 0.6 is 0 Å². The number of nitrogens with zero attached hydrogens (tertiary/aromatic N) is 1. The second kappa shape index (κ2) is 8.64. The molecule has 9 heteroatoms. The lowest BCUT2D eigenvalue weighted by atomic mass is 9.86. The normalized spacial score (nSPS) is 19.0. The van der Waals surface area contributed by atoms with Crippen LogP contribution in [0, 0.1) is 5.92 Å². The molecule has 3 amide bonds. The molecule has 0 aliphatic heterocycles. The first-order valence-corrected chi connectivity index (χ1v) is 9.20. The van der Waals surface area contributed by atoms with Crippen LogP contribution in [0.3, 0.4) is 0 Å². The van der Waals surface area contributed by atoms with Gasteiger partial charge in [0.2, 0.25) is 0 Å². The van der Waals surface area contributed by atoms with Gasteiger partial charge in [0.05, 0.1) is 5.39 Å². The summed E-state index contributed by atoms with van der Waals surface area (Å²) in [5.74, 6) is -1.26. The van der Waals surface area contributed by atoms with E-state index in [1.807, 2.05) is 0 Å². The molecule has 3 N–H and O–H groups in total. The largest absolute Gasteiger partial charge is 0.451 e. The van der Waals surface area contributed by atoms with E-state index in [4.69, 9.17) is 4.74 Å². The molecule has 1 fully saturated rings. The second-order valence-corrected chi connectivity index (χ2v) is 6.91. The number of H-pyrrole nitrogens is 1. The number of fused-ring (bicyclic) bond motifs is 1. The second-order valence-electron chi connectivity index (χ2n) is 6.91. The molecular formula is C19H22N4O5. The number of imide groups is 1. The molecule has 1 aliphatic rings. The minimum absolute atomic E-state index is 0.0285. The van der Waals surface area contributed by atoms with Crippen molar-refractivity contribution < 1.29 is 19.1 Å². The highest BCUT2D eigenvalue weighted by Gasteiger charge is 2.24. The molecule has 3 rings (SSSR count). The first-order valence-electron chi connectivity index (χ1n) is 9.20. The van der Waals surface area contributed by atoms with Crippen molar-refractivity contribution in [1.82, 2.24) is 20.8 Å². The number of carbonyl (C=O) groups excluding carboxylic acids is 3. The van der Waals surface area contributed by atoms with Crippen LogP contribution in [0.25, 0.3) is 10.8 Å². The standard InChI is InChI=1S/C19H22N4O5/c1-11-6-2-5-9-14(11)20-19(27)21-15(24)10-28-18(26)16-12-7-3-4-8-13(12)17(25)23-22-16/h3-4,7-8,11,14H,2,5-6,9-10H2,1H3,(H,23,25)(H2,20,21,24,27). The highest BCUT2D eigenvalue weighted by atomic mass is 16.5. The number of hydrogen-bond donors (Lipinski definition) is 3. The third-order valence-electron chi connectivity index (χ3n) is 4.90. The van der Waals surface area contributed by atoms with Crippen LogP contribution in [-0.2, 0) is 9.53 Å². The first kappa shape index (κ1) is 19.5. The lowest BCUT2D eigenvalue weighted by molar-refractivity contribution is -0.123. The number of aromatic amines is 1. The number of hydrogen-bond acceptors (Lipinski definition) is 6. The fraction of sp³-hybridized carbons (Fsp3) is 0.421. The van der Waals surface area contributed by atoms with Crippen LogP contribution in [0.5, 0.6) is 0 Å². The smallest absolute Gasteiger partial charge is 0.359 e. The van der Waals surface area contributed by atoms with Crippen molar-refractivity contribution in [2.45, 2.75) is 38.6 Å². The number of aromatic nitrogens is 2. The fourth-order valence-corrected chi connectivity index (χ4v) is 3.37. The average Bonchev–Trinajstić information content (AvgIpc) is 2.68. The molecule has 28 heavy (non-hydrogen) atoms. The van der Waals surface area contributed by atoms with Crippen molar-refractivity contribution in [1.29, 1.82) is 0 Å². The number of esters is 1. The Hall–Kier alpha value is -3.23. The van der Waals surface area contributed by atoms with Gasteiger partial charge in [-0.1, -0.05) is 38.0 Å². The van der Waals surface area contributed by atoms with Gasteiger partial charge in [-0.3, -0.25) is 14.9 Å². The van der Waals surface area contributed by atoms with Gasteiger partial charge in [0.1, 0.15) is 0 Å². The third kappa shape index (κ3) is 4.54. The summed E-state index contributed by atoms with van der Waals surface area (Å²) < 4.78 is 4.93. The van der Waals surface area contributed by atoms with Crippen LogP contribution in [0.1, 0.15) is 43.1 Å². The zero-order chi connectivity index (χ0) is 20.1. The van der Waals surface area contributed by atoms with Gasteiger partial charge in [-0.2, -0.15) is 5.10 Å². The maximum atomic E-state index is 12.2. The van der Waals surface area contributed by atoms with E-state index in [0.29, 0.717) is 11.3 Å². The van der Waals surface area contributed by atoms with Gasteiger partial charge >= 0.3 is 12.0 Å². The summed E-state index contributed by atoms with van der Waals surface area (Å²) in [5, 5.41) is 11.5. The average molecular weight is 386 g/mol. The number of ether oxygens (including phenoxy) is 1. The van der Waals surface area contributed by atoms with E-state index in [1.165, 1.54) is 0 Å². The van der Waals surface area contributed by atoms with Crippen LogP contribution in [-0.4, -0.2) is 40.8 Å². The Morgan fingerprint density at radius 2 is 1.89 bits per heavy atom. The molecule has 1 heterocycles. The summed E-state index contributed by atoms with van der Waals surface area (Å²) in [6.45, 7) is 1.43. The van der Waals surface area contributed by atoms with Gasteiger partial charge in [0.25, 0.3) is 11.5 Å². The Balaban J connectivity index is 1.55. The fourth-order valence-electron chi connectivity index (χ4n) is 3.37. The predicted octanol–water partition coefficient (Wildman–Crippen LogP) is 1.48. The molecule has 1 aromatic heterocycles. The number of urea groups is 1. The van der Waals surface area contributed by atoms with E-state index in [-0.39, 0.29) is 17.1 Å². The lowest BCUT2D eigenvalue weighted by Gasteiger charge is -2.29. The molecule has 2 atom stereocenters. The van der Waals surface area contributed by atoms with Crippen LogP contribution in [0.15, 0.2) is 29.1 Å². The van der Waals surface area contributed by atoms with Crippen molar-refractivity contribution in [3.05, 3.63) is 40.3 Å². The Bertz CT molecular complexity index is 955. The Kier molecular flexibility index (Phi) is 6.03. The minimum Gasteiger partial charge on any atom is -0.451 e. The number of nitrogens with one attached hydrogen (secondary N) is 3. The zero-order valence-electron chi connectivity index (χ0n) is 15.5. The molecular weight excluding hydrogens is 364 g/mol. The SMILES string of the molecule is CC1CCCCC1NC(=O)NC(=O)COC(=O)c1n[nH]c(=O)c2ccccc12. The number of carbonyl (C=O) groups is 3. The molecule has 0 bridgehead atoms. The molecule has 0 spiro atoms. The highest BCUT2D eigenvalue weighted by molar-refractivity contribution is 6.03. The summed E-state index contributed by atoms with van der Waals surface area (Å²) in [6.07, 6.45) is 4.10. The first-order chi connectivity index (χ1) is 13.5. The van der Waals surface area contributed by atoms with Crippen molar-refractivity contribution >= 4 is 28.7 Å². The van der Waals surface area contributed by atoms with E-state index in [9.17, 15) is 19.2 Å². The van der Waals surface area contributed by atoms with Crippen molar-refractivity contribution in [2.75, 3.05) is 6.61 Å². The third-order valence-corrected chi connectivity index (χ3v) is 4.90. The molecule has 9 nitrogen and oxygen atoms in total. The molecule has 1 saturated carbocycles. The Morgan fingerprint density at radius 1 is 1.18 bits per heavy atom. The van der Waals surface area contributed by atoms with Gasteiger partial charge in [-0.15, -0.1) is 0 Å². The summed E-state index contributed by atoms with van der Waals surface area (Å²) in [6, 6.07) is 5.85. The summed E-state index contributed by atoms with van der Waals surface area (Å²) in [7, 11) is 0. The van der Waals surface area contributed by atoms with Crippen molar-refractivity contribution in [2.24, 2.45) is 5.92 Å². The molecule has 0 saturated heterocycles. The summed E-state index contributed by atoms with van der Waals surface area (Å²) in [4.78, 5) is 47.8. The molecule has 148 valence electrons. The highest BCUT2D eigenvalue weighted by Crippen LogP contribution is 2.23. The Morgan fingerprint density at radius 3 is 2.64 bits per heavy atom. The van der Waals surface area contributed by atoms with Crippen molar-refractivity contribution in [3.63, 3.8) is 0 Å². The maximum Gasteiger partial charge on any atom is 0.359 e. The topological polar surface area (TPSA) is 130 Å². The molecule has 2 aromatic rings. The predicted molar refractivity (Wildman–Crippen MR) is 101 cm³/mol. The van der Waals surface area contributed by atoms with Crippen molar-refractivity contribution in [3.8, 4) is 0 Å². The molecule has 2 unspecified atom stereocenters. The molecule has 0 radical (unpaired) electrons. The Labute approximate surface area is 160 Å². The van der Waals surface area contributed by atoms with Gasteiger partial charge in [-0.25, -0.2) is 14.7 Å². The number of rotatable bonds is 4. The van der Waals surface area contributed by atoms with E-state index in [0.717, 1.165) is 25.7 Å². The van der Waals surface area contributed by atoms with Gasteiger partial charge in [0, 0.05) is 11.4 Å². The number of amides is 3. The van der Waals surface area contributed by atoms with Crippen LogP contribution < -0.4 is 16.2 Å². The minimum atomic E-state index is -0.871. The lowest BCUT2D eigenvalue weighted by Crippen LogP contribution is -2.48. The van der Waals surface area contributed by atoms with E-state index in [1.54, 1.807) is 24.3 Å². The monoisotopic (exact) mass is 386 g/mol. The maximum absolute atomic E-state index is 12.2. The van der Waals surface area contributed by atoms with Gasteiger partial charge in [0.15, 0.2) is 12.3 Å². The molecule has 1 aliphatic carbocycles. The zero-order valence-corrected chi connectivity index (χ0v) is 15.5. The van der Waals surface area contributed by atoms with Gasteiger partial charge < -0.3 is 10.1 Å². The number of benzene rings is 1.